The number of nitrogens with zero attached hydrogens (tertiary/aromatic N) is 2. The number of pyridine rings is 1. The van der Waals surface area contributed by atoms with Gasteiger partial charge in [0.1, 0.15) is 5.76 Å². The Balaban J connectivity index is 1.96. The van der Waals surface area contributed by atoms with E-state index in [9.17, 15) is 4.79 Å². The number of hydrogen-bond acceptors (Lipinski definition) is 4. The van der Waals surface area contributed by atoms with Crippen molar-refractivity contribution >= 4 is 28.1 Å². The zero-order valence-electron chi connectivity index (χ0n) is 9.55. The number of amides is 1. The van der Waals surface area contributed by atoms with E-state index in [2.05, 4.69) is 31.4 Å². The molecule has 0 aliphatic heterocycles. The Bertz CT molecular complexity index is 575. The van der Waals surface area contributed by atoms with Crippen LogP contribution >= 0.6 is 15.9 Å². The molecule has 0 aliphatic rings. The van der Waals surface area contributed by atoms with Gasteiger partial charge in [0.05, 0.1) is 11.8 Å². The van der Waals surface area contributed by atoms with Gasteiger partial charge in [0.15, 0.2) is 4.67 Å². The van der Waals surface area contributed by atoms with Gasteiger partial charge in [0, 0.05) is 11.9 Å². The van der Waals surface area contributed by atoms with E-state index in [0.717, 1.165) is 5.69 Å². The Hall–Kier alpha value is -1.95. The fraction of sp³-hybridized carbons (Fsp3) is 0.0833. The summed E-state index contributed by atoms with van der Waals surface area (Å²) >= 11 is 3.17. The van der Waals surface area contributed by atoms with Gasteiger partial charge >= 0.3 is 0 Å². The summed E-state index contributed by atoms with van der Waals surface area (Å²) in [5.74, 6) is 0.230. The van der Waals surface area contributed by atoms with Crippen LogP contribution in [0.3, 0.4) is 0 Å². The highest BCUT2D eigenvalue weighted by atomic mass is 79.9. The number of aryl methyl sites for hydroxylation is 1. The van der Waals surface area contributed by atoms with E-state index >= 15 is 0 Å². The number of rotatable bonds is 3. The van der Waals surface area contributed by atoms with Gasteiger partial charge in [-0.15, -0.1) is 0 Å². The number of carbonyl (C=O) groups excluding carboxylic acids is 1. The molecule has 18 heavy (non-hydrogen) atoms. The average molecular weight is 308 g/mol. The maximum absolute atomic E-state index is 11.6. The number of hydrazone groups is 1. The average Bonchev–Trinajstić information content (AvgIpc) is 2.76. The lowest BCUT2D eigenvalue weighted by Gasteiger charge is -1.98. The van der Waals surface area contributed by atoms with Crippen molar-refractivity contribution in [3.63, 3.8) is 0 Å². The lowest BCUT2D eigenvalue weighted by molar-refractivity contribution is 0.0955. The number of aromatic nitrogens is 1. The van der Waals surface area contributed by atoms with Crippen LogP contribution in [0.25, 0.3) is 0 Å². The molecule has 0 aromatic carbocycles. The van der Waals surface area contributed by atoms with E-state index < -0.39 is 0 Å². The molecule has 1 amide bonds. The number of furan rings is 1. The van der Waals surface area contributed by atoms with Crippen molar-refractivity contribution in [2.24, 2.45) is 5.10 Å². The summed E-state index contributed by atoms with van der Waals surface area (Å²) in [6.45, 7) is 1.86. The lowest BCUT2D eigenvalue weighted by Crippen LogP contribution is -2.17. The molecule has 0 bridgehead atoms. The van der Waals surface area contributed by atoms with Crippen molar-refractivity contribution in [3.05, 3.63) is 52.1 Å². The smallest absolute Gasteiger partial charge is 0.272 e. The predicted molar refractivity (Wildman–Crippen MR) is 70.4 cm³/mol. The molecule has 0 saturated heterocycles. The molecule has 0 aliphatic carbocycles. The minimum Gasteiger partial charge on any atom is -0.448 e. The Kier molecular flexibility index (Phi) is 3.88. The third kappa shape index (κ3) is 3.27. The van der Waals surface area contributed by atoms with E-state index in [1.807, 2.05) is 6.92 Å². The maximum Gasteiger partial charge on any atom is 0.272 e. The molecule has 0 radical (unpaired) electrons. The molecule has 5 nitrogen and oxygen atoms in total. The second kappa shape index (κ2) is 5.59. The second-order valence-corrected chi connectivity index (χ2v) is 4.31. The summed E-state index contributed by atoms with van der Waals surface area (Å²) in [4.78, 5) is 15.7. The van der Waals surface area contributed by atoms with Crippen LogP contribution in [0.4, 0.5) is 0 Å². The molecule has 2 aromatic rings. The molecule has 92 valence electrons. The molecule has 2 rings (SSSR count). The molecular formula is C12H10BrN3O2. The van der Waals surface area contributed by atoms with Gasteiger partial charge in [-0.1, -0.05) is 0 Å². The van der Waals surface area contributed by atoms with E-state index in [0.29, 0.717) is 16.0 Å². The summed E-state index contributed by atoms with van der Waals surface area (Å²) in [6.07, 6.45) is 2.92. The molecule has 1 N–H and O–H groups in total. The van der Waals surface area contributed by atoms with Crippen molar-refractivity contribution in [2.75, 3.05) is 0 Å². The SMILES string of the molecule is Cc1ccc(C(=O)N/N=C\c2ccc(Br)o2)cn1. The normalized spacial score (nSPS) is 10.8. The molecule has 6 heteroatoms. The van der Waals surface area contributed by atoms with Crippen LogP contribution in [0.15, 0.2) is 44.7 Å². The number of hydrogen-bond donors (Lipinski definition) is 1. The molecule has 0 unspecified atom stereocenters. The zero-order valence-corrected chi connectivity index (χ0v) is 11.1. The predicted octanol–water partition coefficient (Wildman–Crippen LogP) is 2.51. The summed E-state index contributed by atoms with van der Waals surface area (Å²) < 4.78 is 5.80. The van der Waals surface area contributed by atoms with E-state index in [1.54, 1.807) is 24.3 Å². The highest BCUT2D eigenvalue weighted by molar-refractivity contribution is 9.10. The minimum absolute atomic E-state index is 0.315. The van der Waals surface area contributed by atoms with Crippen LogP contribution in [-0.4, -0.2) is 17.1 Å². The van der Waals surface area contributed by atoms with Crippen LogP contribution < -0.4 is 5.43 Å². The Morgan fingerprint density at radius 3 is 2.89 bits per heavy atom. The van der Waals surface area contributed by atoms with Crippen LogP contribution in [0.1, 0.15) is 21.8 Å². The Morgan fingerprint density at radius 1 is 1.44 bits per heavy atom. The van der Waals surface area contributed by atoms with Crippen molar-refractivity contribution < 1.29 is 9.21 Å². The quantitative estimate of drug-likeness (QED) is 0.700. The van der Waals surface area contributed by atoms with Gasteiger partial charge in [0.25, 0.3) is 5.91 Å². The first-order valence-electron chi connectivity index (χ1n) is 5.16. The summed E-state index contributed by atoms with van der Waals surface area (Å²) in [5.41, 5.74) is 3.71. The zero-order chi connectivity index (χ0) is 13.0. The Morgan fingerprint density at radius 2 is 2.28 bits per heavy atom. The highest BCUT2D eigenvalue weighted by Crippen LogP contribution is 2.11. The van der Waals surface area contributed by atoms with Gasteiger partial charge in [-0.05, 0) is 47.1 Å². The monoisotopic (exact) mass is 307 g/mol. The molecule has 2 heterocycles. The standard InChI is InChI=1S/C12H10BrN3O2/c1-8-2-3-9(6-14-8)12(17)16-15-7-10-4-5-11(13)18-10/h2-7H,1H3,(H,16,17)/b15-7-. The van der Waals surface area contributed by atoms with Crippen molar-refractivity contribution in [3.8, 4) is 0 Å². The lowest BCUT2D eigenvalue weighted by atomic mass is 10.2. The van der Waals surface area contributed by atoms with Crippen LogP contribution in [0, 0.1) is 6.92 Å². The Labute approximate surface area is 112 Å². The van der Waals surface area contributed by atoms with Crippen molar-refractivity contribution in [1.82, 2.24) is 10.4 Å². The van der Waals surface area contributed by atoms with Crippen LogP contribution in [-0.2, 0) is 0 Å². The third-order valence-corrected chi connectivity index (χ3v) is 2.55. The van der Waals surface area contributed by atoms with Crippen LogP contribution in [0.5, 0.6) is 0 Å². The molecule has 0 atom stereocenters. The first-order valence-corrected chi connectivity index (χ1v) is 5.96. The second-order valence-electron chi connectivity index (χ2n) is 3.53. The number of halogens is 1. The van der Waals surface area contributed by atoms with Gasteiger partial charge in [0.2, 0.25) is 0 Å². The fourth-order valence-corrected chi connectivity index (χ4v) is 1.54. The molecule has 0 fully saturated rings. The van der Waals surface area contributed by atoms with Crippen molar-refractivity contribution in [1.29, 1.82) is 0 Å². The van der Waals surface area contributed by atoms with E-state index in [-0.39, 0.29) is 5.91 Å². The van der Waals surface area contributed by atoms with Gasteiger partial charge < -0.3 is 4.42 Å². The summed E-state index contributed by atoms with van der Waals surface area (Å²) in [6, 6.07) is 6.93. The van der Waals surface area contributed by atoms with Crippen molar-refractivity contribution in [2.45, 2.75) is 6.92 Å². The first-order chi connectivity index (χ1) is 8.65. The molecule has 2 aromatic heterocycles. The van der Waals surface area contributed by atoms with Crippen LogP contribution in [0.2, 0.25) is 0 Å². The maximum atomic E-state index is 11.6. The summed E-state index contributed by atoms with van der Waals surface area (Å²) in [7, 11) is 0. The van der Waals surface area contributed by atoms with Gasteiger partial charge in [-0.25, -0.2) is 5.43 Å². The minimum atomic E-state index is -0.315. The first kappa shape index (κ1) is 12.5. The van der Waals surface area contributed by atoms with E-state index in [1.165, 1.54) is 12.4 Å². The highest BCUT2D eigenvalue weighted by Gasteiger charge is 2.03. The third-order valence-electron chi connectivity index (χ3n) is 2.13. The molecular weight excluding hydrogens is 298 g/mol. The van der Waals surface area contributed by atoms with Gasteiger partial charge in [-0.3, -0.25) is 9.78 Å². The molecule has 0 saturated carbocycles. The number of carbonyl (C=O) groups is 1. The largest absolute Gasteiger partial charge is 0.448 e. The number of nitrogens with one attached hydrogen (secondary N) is 1. The topological polar surface area (TPSA) is 67.5 Å². The van der Waals surface area contributed by atoms with Gasteiger partial charge in [-0.2, -0.15) is 5.10 Å². The summed E-state index contributed by atoms with van der Waals surface area (Å²) in [5, 5.41) is 3.79. The van der Waals surface area contributed by atoms with E-state index in [4.69, 9.17) is 4.42 Å². The fourth-order valence-electron chi connectivity index (χ4n) is 1.22. The molecule has 0 spiro atoms.